The first-order chi connectivity index (χ1) is 14.8. The molecule has 2 aromatic carbocycles. The summed E-state index contributed by atoms with van der Waals surface area (Å²) in [5.74, 6) is -6.10. The molecule has 31 heavy (non-hydrogen) atoms. The minimum atomic E-state index is -2.06. The average Bonchev–Trinajstić information content (AvgIpc) is 3.20. The molecular weight excluding hydrogens is 400 g/mol. The van der Waals surface area contributed by atoms with Crippen molar-refractivity contribution in [1.29, 1.82) is 0 Å². The van der Waals surface area contributed by atoms with Crippen LogP contribution in [0.25, 0.3) is 10.8 Å². The second-order valence-corrected chi connectivity index (χ2v) is 8.22. The number of hydrogen-bond donors (Lipinski definition) is 3. The molecule has 2 fully saturated rings. The molecule has 0 saturated carbocycles. The van der Waals surface area contributed by atoms with Crippen molar-refractivity contribution in [3.05, 3.63) is 48.0 Å². The van der Waals surface area contributed by atoms with Gasteiger partial charge in [0.15, 0.2) is 0 Å². The first-order valence-electron chi connectivity index (χ1n) is 10.4. The van der Waals surface area contributed by atoms with Crippen LogP contribution in [0.15, 0.2) is 42.5 Å². The highest BCUT2D eigenvalue weighted by Crippen LogP contribution is 2.51. The fraction of sp³-hybridized carbons (Fsp3) is 0.391. The molecule has 4 unspecified atom stereocenters. The van der Waals surface area contributed by atoms with Crippen LogP contribution in [0.2, 0.25) is 0 Å². The van der Waals surface area contributed by atoms with Crippen LogP contribution in [0.3, 0.4) is 0 Å². The van der Waals surface area contributed by atoms with Gasteiger partial charge in [-0.25, -0.2) is 0 Å². The van der Waals surface area contributed by atoms with E-state index in [1.165, 1.54) is 0 Å². The molecule has 0 bridgehead atoms. The molecule has 2 heterocycles. The Morgan fingerprint density at radius 1 is 1.06 bits per heavy atom. The number of nitrogens with zero attached hydrogens (tertiary/aromatic N) is 1. The average molecular weight is 424 g/mol. The van der Waals surface area contributed by atoms with Gasteiger partial charge in [0.25, 0.3) is 0 Å². The van der Waals surface area contributed by atoms with Crippen molar-refractivity contribution in [3.8, 4) is 0 Å². The van der Waals surface area contributed by atoms with Gasteiger partial charge >= 0.3 is 11.9 Å². The van der Waals surface area contributed by atoms with Gasteiger partial charge in [-0.1, -0.05) is 55.8 Å². The zero-order valence-electron chi connectivity index (χ0n) is 17.1. The summed E-state index contributed by atoms with van der Waals surface area (Å²) < 4.78 is 0. The second-order valence-electron chi connectivity index (χ2n) is 8.22. The number of aliphatic carboxylic acids is 2. The number of likely N-dealkylation sites (tertiary alicyclic amines) is 1. The van der Waals surface area contributed by atoms with Gasteiger partial charge in [0.1, 0.15) is 5.54 Å². The van der Waals surface area contributed by atoms with Crippen LogP contribution in [0.5, 0.6) is 0 Å². The Morgan fingerprint density at radius 3 is 2.45 bits per heavy atom. The summed E-state index contributed by atoms with van der Waals surface area (Å²) in [6.07, 6.45) is 0.560. The lowest BCUT2D eigenvalue weighted by Crippen LogP contribution is -2.57. The summed E-state index contributed by atoms with van der Waals surface area (Å²) in [7, 11) is 0. The van der Waals surface area contributed by atoms with Gasteiger partial charge in [-0.15, -0.1) is 0 Å². The lowest BCUT2D eigenvalue weighted by atomic mass is 9.77. The third-order valence-corrected chi connectivity index (χ3v) is 6.45. The Morgan fingerprint density at radius 2 is 1.77 bits per heavy atom. The number of unbranched alkanes of at least 4 members (excludes halogenated alkanes) is 1. The van der Waals surface area contributed by atoms with Crippen LogP contribution in [-0.4, -0.2) is 50.9 Å². The molecular formula is C23H24N2O6. The maximum Gasteiger partial charge on any atom is 0.325 e. The SMILES string of the molecule is CCCCN1C(=O)C2C(c3cccc4ccccc34)NC(CC(=O)O)(C(=O)O)C2C1=O. The van der Waals surface area contributed by atoms with Crippen LogP contribution in [0.1, 0.15) is 37.8 Å². The number of rotatable bonds is 7. The first kappa shape index (κ1) is 21.0. The van der Waals surface area contributed by atoms with Crippen molar-refractivity contribution < 1.29 is 29.4 Å². The van der Waals surface area contributed by atoms with E-state index in [0.717, 1.165) is 22.1 Å². The van der Waals surface area contributed by atoms with E-state index in [2.05, 4.69) is 5.32 Å². The molecule has 2 aromatic rings. The minimum Gasteiger partial charge on any atom is -0.481 e. The standard InChI is InChI=1S/C23H24N2O6/c1-2-3-11-25-20(28)17-18(21(25)29)23(22(30)31,12-16(26)27)24-19(17)15-10-6-8-13-7-4-5-9-14(13)15/h4-10,17-19,24H,2-3,11-12H2,1H3,(H,26,27)(H,30,31). The van der Waals surface area contributed by atoms with Crippen molar-refractivity contribution in [2.24, 2.45) is 11.8 Å². The van der Waals surface area contributed by atoms with Gasteiger partial charge in [-0.05, 0) is 22.8 Å². The highest BCUT2D eigenvalue weighted by molar-refractivity contribution is 6.10. The monoisotopic (exact) mass is 424 g/mol. The van der Waals surface area contributed by atoms with Crippen LogP contribution in [0, 0.1) is 11.8 Å². The van der Waals surface area contributed by atoms with Crippen molar-refractivity contribution in [2.75, 3.05) is 6.54 Å². The zero-order chi connectivity index (χ0) is 22.3. The lowest BCUT2D eigenvalue weighted by molar-refractivity contribution is -0.156. The second kappa shape index (κ2) is 7.77. The van der Waals surface area contributed by atoms with E-state index in [0.29, 0.717) is 12.0 Å². The van der Waals surface area contributed by atoms with E-state index < -0.39 is 53.6 Å². The van der Waals surface area contributed by atoms with Crippen LogP contribution < -0.4 is 5.32 Å². The molecule has 2 aliphatic heterocycles. The van der Waals surface area contributed by atoms with E-state index in [1.807, 2.05) is 43.3 Å². The molecule has 0 spiro atoms. The smallest absolute Gasteiger partial charge is 0.325 e. The first-order valence-corrected chi connectivity index (χ1v) is 10.4. The number of carboxylic acids is 2. The maximum absolute atomic E-state index is 13.3. The number of amides is 2. The molecule has 8 nitrogen and oxygen atoms in total. The van der Waals surface area contributed by atoms with Crippen molar-refractivity contribution in [2.45, 2.75) is 37.8 Å². The van der Waals surface area contributed by atoms with Gasteiger partial charge in [-0.3, -0.25) is 29.4 Å². The van der Waals surface area contributed by atoms with Gasteiger partial charge in [0.2, 0.25) is 11.8 Å². The number of carbonyl (C=O) groups excluding carboxylic acids is 2. The molecule has 0 aromatic heterocycles. The largest absolute Gasteiger partial charge is 0.481 e. The molecule has 2 aliphatic rings. The number of fused-ring (bicyclic) bond motifs is 2. The van der Waals surface area contributed by atoms with E-state index in [1.54, 1.807) is 6.07 Å². The van der Waals surface area contributed by atoms with Gasteiger partial charge in [-0.2, -0.15) is 0 Å². The van der Waals surface area contributed by atoms with Gasteiger partial charge in [0.05, 0.1) is 18.3 Å². The number of hydrogen-bond acceptors (Lipinski definition) is 5. The third kappa shape index (κ3) is 3.18. The Kier molecular flexibility index (Phi) is 5.26. The number of carbonyl (C=O) groups is 4. The topological polar surface area (TPSA) is 124 Å². The Labute approximate surface area is 178 Å². The highest BCUT2D eigenvalue weighted by Gasteiger charge is 2.69. The predicted molar refractivity (Wildman–Crippen MR) is 111 cm³/mol. The van der Waals surface area contributed by atoms with E-state index in [-0.39, 0.29) is 6.54 Å². The molecule has 8 heteroatoms. The molecule has 4 atom stereocenters. The lowest BCUT2D eigenvalue weighted by Gasteiger charge is -2.30. The normalized spacial score (nSPS) is 27.6. The highest BCUT2D eigenvalue weighted by atomic mass is 16.4. The summed E-state index contributed by atoms with van der Waals surface area (Å²) >= 11 is 0. The van der Waals surface area contributed by atoms with Crippen molar-refractivity contribution in [1.82, 2.24) is 10.2 Å². The third-order valence-electron chi connectivity index (χ3n) is 6.45. The molecule has 4 rings (SSSR count). The predicted octanol–water partition coefficient (Wildman–Crippen LogP) is 2.18. The van der Waals surface area contributed by atoms with Crippen LogP contribution in [-0.2, 0) is 19.2 Å². The van der Waals surface area contributed by atoms with Crippen molar-refractivity contribution >= 4 is 34.5 Å². The molecule has 162 valence electrons. The fourth-order valence-electron chi connectivity index (χ4n) is 5.06. The molecule has 3 N–H and O–H groups in total. The summed E-state index contributed by atoms with van der Waals surface area (Å²) in [4.78, 5) is 51.8. The number of imide groups is 1. The number of benzene rings is 2. The van der Waals surface area contributed by atoms with Crippen LogP contribution in [0.4, 0.5) is 0 Å². The quantitative estimate of drug-likeness (QED) is 0.582. The van der Waals surface area contributed by atoms with Crippen LogP contribution >= 0.6 is 0 Å². The maximum atomic E-state index is 13.3. The summed E-state index contributed by atoms with van der Waals surface area (Å²) in [5.41, 5.74) is -1.38. The molecule has 2 saturated heterocycles. The summed E-state index contributed by atoms with van der Waals surface area (Å²) in [6, 6.07) is 12.2. The number of nitrogens with one attached hydrogen (secondary N) is 1. The van der Waals surface area contributed by atoms with E-state index in [9.17, 15) is 29.4 Å². The van der Waals surface area contributed by atoms with Crippen molar-refractivity contribution in [3.63, 3.8) is 0 Å². The molecule has 0 radical (unpaired) electrons. The van der Waals surface area contributed by atoms with E-state index >= 15 is 0 Å². The Balaban J connectivity index is 1.89. The van der Waals surface area contributed by atoms with Gasteiger partial charge < -0.3 is 10.2 Å². The Bertz CT molecular complexity index is 1080. The Hall–Kier alpha value is -3.26. The molecule has 0 aliphatic carbocycles. The fourth-order valence-corrected chi connectivity index (χ4v) is 5.06. The molecule has 2 amide bonds. The summed E-state index contributed by atoms with van der Waals surface area (Å²) in [5, 5.41) is 24.2. The van der Waals surface area contributed by atoms with Gasteiger partial charge in [0, 0.05) is 12.6 Å². The zero-order valence-corrected chi connectivity index (χ0v) is 17.1. The summed E-state index contributed by atoms with van der Waals surface area (Å²) in [6.45, 7) is 2.13. The minimum absolute atomic E-state index is 0.201. The number of carboxylic acid groups (broad SMARTS) is 2. The van der Waals surface area contributed by atoms with E-state index in [4.69, 9.17) is 0 Å².